The first-order valence-electron chi connectivity index (χ1n) is 6.59. The third kappa shape index (κ3) is 3.07. The van der Waals surface area contributed by atoms with Crippen molar-refractivity contribution in [3.8, 4) is 0 Å². The third-order valence-electron chi connectivity index (χ3n) is 3.56. The Balaban J connectivity index is 2.07. The van der Waals surface area contributed by atoms with Gasteiger partial charge in [0.05, 0.1) is 0 Å². The Labute approximate surface area is 108 Å². The number of nitrogens with zero attached hydrogens (tertiary/aromatic N) is 2. The van der Waals surface area contributed by atoms with Gasteiger partial charge in [0, 0.05) is 30.5 Å². The van der Waals surface area contributed by atoms with E-state index in [9.17, 15) is 4.79 Å². The second kappa shape index (κ2) is 5.96. The first-order chi connectivity index (χ1) is 8.68. The number of carbonyl (C=O) groups excluding carboxylic acids is 1. The minimum atomic E-state index is 0.104. The van der Waals surface area contributed by atoms with Crippen molar-refractivity contribution >= 4 is 5.91 Å². The van der Waals surface area contributed by atoms with Crippen molar-refractivity contribution in [2.24, 2.45) is 0 Å². The second-order valence-electron chi connectivity index (χ2n) is 4.94. The lowest BCUT2D eigenvalue weighted by Gasteiger charge is -2.27. The molecule has 0 radical (unpaired) electrons. The summed E-state index contributed by atoms with van der Waals surface area (Å²) in [5, 5.41) is 3.37. The molecule has 0 aliphatic carbocycles. The van der Waals surface area contributed by atoms with Crippen molar-refractivity contribution in [1.29, 1.82) is 0 Å². The lowest BCUT2D eigenvalue weighted by atomic mass is 10.1. The Morgan fingerprint density at radius 1 is 1.44 bits per heavy atom. The van der Waals surface area contributed by atoms with Crippen molar-refractivity contribution in [1.82, 2.24) is 15.2 Å². The fourth-order valence-corrected chi connectivity index (χ4v) is 2.44. The monoisotopic (exact) mass is 247 g/mol. The summed E-state index contributed by atoms with van der Waals surface area (Å²) in [6.07, 6.45) is 4.95. The zero-order valence-corrected chi connectivity index (χ0v) is 11.1. The van der Waals surface area contributed by atoms with E-state index in [1.807, 2.05) is 24.9 Å². The van der Waals surface area contributed by atoms with Gasteiger partial charge in [0.15, 0.2) is 0 Å². The Bertz CT molecular complexity index is 411. The van der Waals surface area contributed by atoms with Crippen molar-refractivity contribution in [3.63, 3.8) is 0 Å². The van der Waals surface area contributed by atoms with Crippen LogP contribution in [0, 0.1) is 6.92 Å². The van der Waals surface area contributed by atoms with Gasteiger partial charge in [0.1, 0.15) is 0 Å². The van der Waals surface area contributed by atoms with E-state index in [1.54, 1.807) is 12.3 Å². The smallest absolute Gasteiger partial charge is 0.253 e. The first-order valence-corrected chi connectivity index (χ1v) is 6.59. The first kappa shape index (κ1) is 13.0. The van der Waals surface area contributed by atoms with Crippen LogP contribution in [0.1, 0.15) is 35.3 Å². The van der Waals surface area contributed by atoms with E-state index < -0.39 is 0 Å². The number of hydrogen-bond donors (Lipinski definition) is 1. The Morgan fingerprint density at radius 3 is 3.06 bits per heavy atom. The molecule has 18 heavy (non-hydrogen) atoms. The molecule has 98 valence electrons. The average molecular weight is 247 g/mol. The summed E-state index contributed by atoms with van der Waals surface area (Å²) in [6, 6.07) is 4.00. The maximum absolute atomic E-state index is 12.4. The molecule has 1 N–H and O–H groups in total. The van der Waals surface area contributed by atoms with E-state index in [2.05, 4.69) is 10.3 Å². The molecule has 0 saturated carbocycles. The molecule has 1 fully saturated rings. The number of nitrogens with one attached hydrogen (secondary N) is 1. The summed E-state index contributed by atoms with van der Waals surface area (Å²) in [5.41, 5.74) is 1.62. The Kier molecular flexibility index (Phi) is 4.31. The molecule has 1 aromatic rings. The Hall–Kier alpha value is -1.42. The highest BCUT2D eigenvalue weighted by Crippen LogP contribution is 2.15. The molecule has 1 saturated heterocycles. The summed E-state index contributed by atoms with van der Waals surface area (Å²) >= 11 is 0. The third-order valence-corrected chi connectivity index (χ3v) is 3.56. The van der Waals surface area contributed by atoms with E-state index in [-0.39, 0.29) is 5.91 Å². The predicted octanol–water partition coefficient (Wildman–Crippen LogP) is 1.60. The molecule has 0 aromatic carbocycles. The standard InChI is InChI=1S/C14H21N3O/c1-11-10-12(5-9-16-11)14(18)17(2)13-4-3-7-15-8-6-13/h5,9-10,13,15H,3-4,6-8H2,1-2H3. The van der Waals surface area contributed by atoms with Gasteiger partial charge >= 0.3 is 0 Å². The fraction of sp³-hybridized carbons (Fsp3) is 0.571. The van der Waals surface area contributed by atoms with E-state index in [1.165, 1.54) is 0 Å². The molecule has 1 aromatic heterocycles. The number of aromatic nitrogens is 1. The van der Waals surface area contributed by atoms with E-state index >= 15 is 0 Å². The summed E-state index contributed by atoms with van der Waals surface area (Å²) < 4.78 is 0. The van der Waals surface area contributed by atoms with Crippen LogP contribution in [0.15, 0.2) is 18.3 Å². The molecule has 1 aliphatic rings. The highest BCUT2D eigenvalue weighted by molar-refractivity contribution is 5.94. The van der Waals surface area contributed by atoms with Gasteiger partial charge in [-0.1, -0.05) is 0 Å². The predicted molar refractivity (Wildman–Crippen MR) is 71.6 cm³/mol. The molecule has 4 nitrogen and oxygen atoms in total. The largest absolute Gasteiger partial charge is 0.339 e. The number of aryl methyl sites for hydroxylation is 1. The molecule has 1 aliphatic heterocycles. The van der Waals surface area contributed by atoms with Crippen LogP contribution in [0.2, 0.25) is 0 Å². The van der Waals surface area contributed by atoms with Crippen LogP contribution in [-0.4, -0.2) is 42.0 Å². The normalized spacial score (nSPS) is 20.2. The van der Waals surface area contributed by atoms with Gasteiger partial charge in [-0.25, -0.2) is 0 Å². The summed E-state index contributed by atoms with van der Waals surface area (Å²) in [5.74, 6) is 0.104. The topological polar surface area (TPSA) is 45.2 Å². The minimum absolute atomic E-state index is 0.104. The SMILES string of the molecule is Cc1cc(C(=O)N(C)C2CCCNCC2)ccn1. The van der Waals surface area contributed by atoms with Crippen molar-refractivity contribution in [3.05, 3.63) is 29.6 Å². The van der Waals surface area contributed by atoms with Crippen molar-refractivity contribution in [2.45, 2.75) is 32.2 Å². The molecular weight excluding hydrogens is 226 g/mol. The van der Waals surface area contributed by atoms with Gasteiger partial charge < -0.3 is 10.2 Å². The van der Waals surface area contributed by atoms with Gasteiger partial charge in [-0.2, -0.15) is 0 Å². The molecule has 1 unspecified atom stereocenters. The zero-order chi connectivity index (χ0) is 13.0. The van der Waals surface area contributed by atoms with Gasteiger partial charge in [-0.3, -0.25) is 9.78 Å². The molecule has 1 amide bonds. The summed E-state index contributed by atoms with van der Waals surface area (Å²) in [6.45, 7) is 3.97. The lowest BCUT2D eigenvalue weighted by molar-refractivity contribution is 0.0720. The fourth-order valence-electron chi connectivity index (χ4n) is 2.44. The van der Waals surface area contributed by atoms with Gasteiger partial charge in [-0.15, -0.1) is 0 Å². The number of pyridine rings is 1. The van der Waals surface area contributed by atoms with Crippen LogP contribution in [0.25, 0.3) is 0 Å². The van der Waals surface area contributed by atoms with Gasteiger partial charge in [-0.05, 0) is 51.4 Å². The summed E-state index contributed by atoms with van der Waals surface area (Å²) in [4.78, 5) is 18.4. The quantitative estimate of drug-likeness (QED) is 0.863. The van der Waals surface area contributed by atoms with Crippen molar-refractivity contribution in [2.75, 3.05) is 20.1 Å². The van der Waals surface area contributed by atoms with Crippen LogP contribution in [-0.2, 0) is 0 Å². The molecule has 2 heterocycles. The molecule has 0 bridgehead atoms. The highest BCUT2D eigenvalue weighted by Gasteiger charge is 2.22. The number of amides is 1. The minimum Gasteiger partial charge on any atom is -0.339 e. The molecular formula is C14H21N3O. The maximum Gasteiger partial charge on any atom is 0.253 e. The van der Waals surface area contributed by atoms with Crippen LogP contribution >= 0.6 is 0 Å². The second-order valence-corrected chi connectivity index (χ2v) is 4.94. The summed E-state index contributed by atoms with van der Waals surface area (Å²) in [7, 11) is 1.91. The Morgan fingerprint density at radius 2 is 2.28 bits per heavy atom. The van der Waals surface area contributed by atoms with Gasteiger partial charge in [0.25, 0.3) is 5.91 Å². The van der Waals surface area contributed by atoms with E-state index in [0.29, 0.717) is 6.04 Å². The van der Waals surface area contributed by atoms with Crippen LogP contribution in [0.3, 0.4) is 0 Å². The van der Waals surface area contributed by atoms with Crippen molar-refractivity contribution < 1.29 is 4.79 Å². The van der Waals surface area contributed by atoms with Gasteiger partial charge in [0.2, 0.25) is 0 Å². The highest BCUT2D eigenvalue weighted by atomic mass is 16.2. The molecule has 1 atom stereocenters. The van der Waals surface area contributed by atoms with E-state index in [4.69, 9.17) is 0 Å². The van der Waals surface area contributed by atoms with E-state index in [0.717, 1.165) is 43.6 Å². The lowest BCUT2D eigenvalue weighted by Crippen LogP contribution is -2.37. The van der Waals surface area contributed by atoms with Crippen LogP contribution in [0.4, 0.5) is 0 Å². The molecule has 4 heteroatoms. The maximum atomic E-state index is 12.4. The average Bonchev–Trinajstić information content (AvgIpc) is 2.66. The molecule has 0 spiro atoms. The van der Waals surface area contributed by atoms with Crippen LogP contribution in [0.5, 0.6) is 0 Å². The molecule has 2 rings (SSSR count). The van der Waals surface area contributed by atoms with Crippen LogP contribution < -0.4 is 5.32 Å². The number of carbonyl (C=O) groups is 1. The number of hydrogen-bond acceptors (Lipinski definition) is 3. The zero-order valence-electron chi connectivity index (χ0n) is 11.1. The number of rotatable bonds is 2.